The summed E-state index contributed by atoms with van der Waals surface area (Å²) in [4.78, 5) is 22.4. The molecule has 1 aromatic carbocycles. The lowest BCUT2D eigenvalue weighted by Gasteiger charge is -2.12. The van der Waals surface area contributed by atoms with E-state index in [9.17, 15) is 14.0 Å². The van der Waals surface area contributed by atoms with Gasteiger partial charge in [0.05, 0.1) is 5.56 Å². The molecule has 0 saturated heterocycles. The summed E-state index contributed by atoms with van der Waals surface area (Å²) in [6, 6.07) is 3.44. The first kappa shape index (κ1) is 14.1. The number of carboxylic acid groups (broad SMARTS) is 1. The number of carboxylic acids is 1. The Bertz CT molecular complexity index is 463. The van der Waals surface area contributed by atoms with Gasteiger partial charge in [-0.25, -0.2) is 9.18 Å². The van der Waals surface area contributed by atoms with E-state index >= 15 is 0 Å². The van der Waals surface area contributed by atoms with E-state index in [-0.39, 0.29) is 17.5 Å². The molecule has 0 aliphatic carbocycles. The quantitative estimate of drug-likeness (QED) is 0.740. The number of amides is 1. The van der Waals surface area contributed by atoms with Crippen molar-refractivity contribution in [1.82, 2.24) is 5.32 Å². The van der Waals surface area contributed by atoms with Crippen LogP contribution in [0.5, 0.6) is 0 Å². The molecule has 0 bridgehead atoms. The van der Waals surface area contributed by atoms with Gasteiger partial charge in [-0.3, -0.25) is 4.79 Å². The Labute approximate surface area is 104 Å². The van der Waals surface area contributed by atoms with E-state index in [0.717, 1.165) is 12.1 Å². The first-order valence-electron chi connectivity index (χ1n) is 5.44. The minimum absolute atomic E-state index is 0.257. The van der Waals surface area contributed by atoms with Gasteiger partial charge in [-0.15, -0.1) is 0 Å². The van der Waals surface area contributed by atoms with Crippen LogP contribution in [0.2, 0.25) is 0 Å². The zero-order chi connectivity index (χ0) is 13.7. The van der Waals surface area contributed by atoms with Gasteiger partial charge in [0.1, 0.15) is 5.82 Å². The predicted molar refractivity (Wildman–Crippen MR) is 65.1 cm³/mol. The summed E-state index contributed by atoms with van der Waals surface area (Å²) in [5.41, 5.74) is -0.198. The number of nitrogens with one attached hydrogen (secondary N) is 2. The van der Waals surface area contributed by atoms with E-state index < -0.39 is 17.3 Å². The van der Waals surface area contributed by atoms with Crippen molar-refractivity contribution in [3.8, 4) is 0 Å². The van der Waals surface area contributed by atoms with Crippen molar-refractivity contribution in [2.24, 2.45) is 5.92 Å². The monoisotopic (exact) mass is 254 g/mol. The molecule has 0 spiro atoms. The standard InChI is InChI=1S/C12H15FN2O3/c1-7(6-14-2)11(16)15-8-3-4-10(13)9(5-8)12(17)18/h3-5,7,14H,6H2,1-2H3,(H,15,16)(H,17,18). The van der Waals surface area contributed by atoms with Crippen molar-refractivity contribution in [3.05, 3.63) is 29.6 Å². The Balaban J connectivity index is 2.82. The first-order valence-corrected chi connectivity index (χ1v) is 5.44. The summed E-state index contributed by atoms with van der Waals surface area (Å²) in [5.74, 6) is -2.73. The van der Waals surface area contributed by atoms with Crippen LogP contribution >= 0.6 is 0 Å². The second-order valence-electron chi connectivity index (χ2n) is 3.95. The minimum Gasteiger partial charge on any atom is -0.478 e. The van der Waals surface area contributed by atoms with Gasteiger partial charge in [0.2, 0.25) is 5.91 Å². The highest BCUT2D eigenvalue weighted by atomic mass is 19.1. The Morgan fingerprint density at radius 3 is 2.67 bits per heavy atom. The van der Waals surface area contributed by atoms with Crippen LogP contribution in [-0.4, -0.2) is 30.6 Å². The minimum atomic E-state index is -1.37. The summed E-state index contributed by atoms with van der Waals surface area (Å²) < 4.78 is 13.1. The smallest absolute Gasteiger partial charge is 0.338 e. The molecule has 0 aliphatic rings. The fourth-order valence-electron chi connectivity index (χ4n) is 1.43. The molecular weight excluding hydrogens is 239 g/mol. The summed E-state index contributed by atoms with van der Waals surface area (Å²) in [5, 5.41) is 14.2. The number of hydrogen-bond acceptors (Lipinski definition) is 3. The number of carbonyl (C=O) groups excluding carboxylic acids is 1. The van der Waals surface area contributed by atoms with E-state index in [1.54, 1.807) is 14.0 Å². The third-order valence-corrected chi connectivity index (χ3v) is 2.42. The van der Waals surface area contributed by atoms with Gasteiger partial charge in [0.15, 0.2) is 0 Å². The van der Waals surface area contributed by atoms with Crippen molar-refractivity contribution in [2.75, 3.05) is 18.9 Å². The van der Waals surface area contributed by atoms with Crippen molar-refractivity contribution in [1.29, 1.82) is 0 Å². The molecule has 1 amide bonds. The third kappa shape index (κ3) is 3.53. The second kappa shape index (κ2) is 6.11. The molecule has 1 atom stereocenters. The number of halogens is 1. The Morgan fingerprint density at radius 2 is 2.11 bits per heavy atom. The van der Waals surface area contributed by atoms with Crippen LogP contribution in [-0.2, 0) is 4.79 Å². The lowest BCUT2D eigenvalue weighted by Crippen LogP contribution is -2.28. The van der Waals surface area contributed by atoms with Crippen LogP contribution in [0, 0.1) is 11.7 Å². The molecule has 0 fully saturated rings. The highest BCUT2D eigenvalue weighted by Crippen LogP contribution is 2.15. The van der Waals surface area contributed by atoms with Gasteiger partial charge in [0, 0.05) is 18.2 Å². The fourth-order valence-corrected chi connectivity index (χ4v) is 1.43. The third-order valence-electron chi connectivity index (χ3n) is 2.42. The molecule has 0 radical (unpaired) electrons. The summed E-state index contributed by atoms with van der Waals surface area (Å²) in [7, 11) is 1.73. The normalized spacial score (nSPS) is 11.9. The second-order valence-corrected chi connectivity index (χ2v) is 3.95. The Kier molecular flexibility index (Phi) is 4.79. The van der Waals surface area contributed by atoms with Crippen molar-refractivity contribution in [3.63, 3.8) is 0 Å². The molecule has 1 rings (SSSR count). The van der Waals surface area contributed by atoms with Crippen LogP contribution in [0.1, 0.15) is 17.3 Å². The van der Waals surface area contributed by atoms with E-state index in [1.165, 1.54) is 6.07 Å². The van der Waals surface area contributed by atoms with Gasteiger partial charge in [-0.1, -0.05) is 6.92 Å². The summed E-state index contributed by atoms with van der Waals surface area (Å²) >= 11 is 0. The van der Waals surface area contributed by atoms with Crippen LogP contribution < -0.4 is 10.6 Å². The number of aromatic carboxylic acids is 1. The summed E-state index contributed by atoms with van der Waals surface area (Å²) in [6.07, 6.45) is 0. The Hall–Kier alpha value is -1.95. The molecule has 0 aliphatic heterocycles. The Morgan fingerprint density at radius 1 is 1.44 bits per heavy atom. The molecule has 0 saturated carbocycles. The zero-order valence-electron chi connectivity index (χ0n) is 10.2. The van der Waals surface area contributed by atoms with Crippen molar-refractivity contribution < 1.29 is 19.1 Å². The maximum atomic E-state index is 13.1. The van der Waals surface area contributed by atoms with E-state index in [2.05, 4.69) is 10.6 Å². The van der Waals surface area contributed by atoms with Gasteiger partial charge < -0.3 is 15.7 Å². The molecule has 6 heteroatoms. The highest BCUT2D eigenvalue weighted by Gasteiger charge is 2.15. The number of anilines is 1. The predicted octanol–water partition coefficient (Wildman–Crippen LogP) is 1.32. The van der Waals surface area contributed by atoms with Crippen molar-refractivity contribution in [2.45, 2.75) is 6.92 Å². The van der Waals surface area contributed by atoms with E-state index in [1.807, 2.05) is 0 Å². The molecule has 1 unspecified atom stereocenters. The molecular formula is C12H15FN2O3. The van der Waals surface area contributed by atoms with Gasteiger partial charge in [-0.2, -0.15) is 0 Å². The number of hydrogen-bond donors (Lipinski definition) is 3. The molecule has 3 N–H and O–H groups in total. The zero-order valence-corrected chi connectivity index (χ0v) is 10.2. The average molecular weight is 254 g/mol. The molecule has 5 nitrogen and oxygen atoms in total. The molecule has 0 heterocycles. The van der Waals surface area contributed by atoms with Crippen molar-refractivity contribution >= 4 is 17.6 Å². The lowest BCUT2D eigenvalue weighted by molar-refractivity contribution is -0.119. The van der Waals surface area contributed by atoms with Crippen LogP contribution in [0.25, 0.3) is 0 Å². The molecule has 0 aromatic heterocycles. The molecule has 18 heavy (non-hydrogen) atoms. The first-order chi connectivity index (χ1) is 8.45. The van der Waals surface area contributed by atoms with Gasteiger partial charge in [0.25, 0.3) is 0 Å². The van der Waals surface area contributed by atoms with Crippen LogP contribution in [0.3, 0.4) is 0 Å². The maximum absolute atomic E-state index is 13.1. The lowest BCUT2D eigenvalue weighted by atomic mass is 10.1. The van der Waals surface area contributed by atoms with Gasteiger partial charge in [-0.05, 0) is 25.2 Å². The van der Waals surface area contributed by atoms with Gasteiger partial charge >= 0.3 is 5.97 Å². The number of carbonyl (C=O) groups is 2. The topological polar surface area (TPSA) is 78.4 Å². The van der Waals surface area contributed by atoms with Crippen LogP contribution in [0.4, 0.5) is 10.1 Å². The number of benzene rings is 1. The summed E-state index contributed by atoms with van der Waals surface area (Å²) in [6.45, 7) is 2.23. The van der Waals surface area contributed by atoms with E-state index in [0.29, 0.717) is 6.54 Å². The average Bonchev–Trinajstić information content (AvgIpc) is 2.31. The van der Waals surface area contributed by atoms with E-state index in [4.69, 9.17) is 5.11 Å². The SMILES string of the molecule is CNCC(C)C(=O)Nc1ccc(F)c(C(=O)O)c1. The highest BCUT2D eigenvalue weighted by molar-refractivity contribution is 5.95. The molecule has 1 aromatic rings. The maximum Gasteiger partial charge on any atom is 0.338 e. The largest absolute Gasteiger partial charge is 0.478 e. The number of rotatable bonds is 5. The fraction of sp³-hybridized carbons (Fsp3) is 0.333. The molecule has 98 valence electrons. The van der Waals surface area contributed by atoms with Crippen LogP contribution in [0.15, 0.2) is 18.2 Å².